The molecule has 3 nitrogen and oxygen atoms in total. The van der Waals surface area contributed by atoms with Gasteiger partial charge in [-0.15, -0.1) is 0 Å². The lowest BCUT2D eigenvalue weighted by molar-refractivity contribution is -0.138. The lowest BCUT2D eigenvalue weighted by Gasteiger charge is -2.10. The Morgan fingerprint density at radius 3 is 2.50 bits per heavy atom. The molecule has 0 aliphatic heterocycles. The number of anilines is 1. The van der Waals surface area contributed by atoms with Crippen LogP contribution in [-0.2, 0) is 9.53 Å². The molecule has 0 heterocycles. The Morgan fingerprint density at radius 1 is 1.44 bits per heavy atom. The number of halogens is 3. The van der Waals surface area contributed by atoms with E-state index >= 15 is 0 Å². The predicted molar refractivity (Wildman–Crippen MR) is 68.3 cm³/mol. The quantitative estimate of drug-likeness (QED) is 0.668. The third-order valence-electron chi connectivity index (χ3n) is 2.05. The molecule has 6 heteroatoms. The maximum Gasteiger partial charge on any atom is 0.335 e. The SMILES string of the molecule is C=C(CNc1c(F)cc(Br)cc1F)C(=O)OCC. The van der Waals surface area contributed by atoms with E-state index < -0.39 is 17.6 Å². The van der Waals surface area contributed by atoms with Crippen LogP contribution in [0.3, 0.4) is 0 Å². The van der Waals surface area contributed by atoms with Crippen molar-refractivity contribution in [2.75, 3.05) is 18.5 Å². The molecular formula is C12H12BrF2NO2. The van der Waals surface area contributed by atoms with Gasteiger partial charge in [-0.3, -0.25) is 0 Å². The van der Waals surface area contributed by atoms with E-state index in [0.717, 1.165) is 12.1 Å². The van der Waals surface area contributed by atoms with Gasteiger partial charge in [0.25, 0.3) is 0 Å². The molecule has 0 aromatic heterocycles. The number of ether oxygens (including phenoxy) is 1. The minimum Gasteiger partial charge on any atom is -0.463 e. The zero-order valence-electron chi connectivity index (χ0n) is 9.73. The molecule has 0 unspecified atom stereocenters. The van der Waals surface area contributed by atoms with E-state index in [-0.39, 0.29) is 24.4 Å². The summed E-state index contributed by atoms with van der Waals surface area (Å²) in [6.07, 6.45) is 0. The number of carbonyl (C=O) groups is 1. The maximum atomic E-state index is 13.4. The minimum atomic E-state index is -0.751. The van der Waals surface area contributed by atoms with Gasteiger partial charge in [-0.05, 0) is 19.1 Å². The van der Waals surface area contributed by atoms with Crippen LogP contribution in [-0.4, -0.2) is 19.1 Å². The Bertz CT molecular complexity index is 454. The number of esters is 1. The molecule has 1 N–H and O–H groups in total. The van der Waals surface area contributed by atoms with Gasteiger partial charge in [-0.1, -0.05) is 22.5 Å². The molecule has 1 rings (SSSR count). The van der Waals surface area contributed by atoms with Gasteiger partial charge < -0.3 is 10.1 Å². The van der Waals surface area contributed by atoms with Crippen LogP contribution in [0.1, 0.15) is 6.92 Å². The fourth-order valence-electron chi connectivity index (χ4n) is 1.21. The van der Waals surface area contributed by atoms with Crippen LogP contribution in [0.4, 0.5) is 14.5 Å². The van der Waals surface area contributed by atoms with Crippen LogP contribution in [0.2, 0.25) is 0 Å². The number of nitrogens with one attached hydrogen (secondary N) is 1. The molecular weight excluding hydrogens is 308 g/mol. The van der Waals surface area contributed by atoms with Crippen molar-refractivity contribution in [2.24, 2.45) is 0 Å². The second kappa shape index (κ2) is 6.49. The topological polar surface area (TPSA) is 38.3 Å². The van der Waals surface area contributed by atoms with E-state index in [1.807, 2.05) is 0 Å². The molecule has 0 amide bonds. The smallest absolute Gasteiger partial charge is 0.335 e. The van der Waals surface area contributed by atoms with Crippen LogP contribution in [0.25, 0.3) is 0 Å². The van der Waals surface area contributed by atoms with Crippen molar-refractivity contribution in [1.82, 2.24) is 0 Å². The van der Waals surface area contributed by atoms with Gasteiger partial charge >= 0.3 is 5.97 Å². The maximum absolute atomic E-state index is 13.4. The minimum absolute atomic E-state index is 0.0890. The Labute approximate surface area is 112 Å². The molecule has 0 spiro atoms. The highest BCUT2D eigenvalue weighted by Gasteiger charge is 2.13. The summed E-state index contributed by atoms with van der Waals surface area (Å²) in [5.74, 6) is -2.10. The van der Waals surface area contributed by atoms with Gasteiger partial charge in [0.2, 0.25) is 0 Å². The van der Waals surface area contributed by atoms with Crippen molar-refractivity contribution in [1.29, 1.82) is 0 Å². The zero-order chi connectivity index (χ0) is 13.7. The summed E-state index contributed by atoms with van der Waals surface area (Å²) in [5.41, 5.74) is -0.206. The first-order valence-electron chi connectivity index (χ1n) is 5.19. The molecule has 98 valence electrons. The van der Waals surface area contributed by atoms with Crippen LogP contribution in [0.15, 0.2) is 28.8 Å². The van der Waals surface area contributed by atoms with Gasteiger partial charge in [-0.25, -0.2) is 13.6 Å². The third-order valence-corrected chi connectivity index (χ3v) is 2.51. The first-order valence-corrected chi connectivity index (χ1v) is 5.98. The van der Waals surface area contributed by atoms with Gasteiger partial charge in [0.05, 0.1) is 6.61 Å². The number of benzene rings is 1. The summed E-state index contributed by atoms with van der Waals surface area (Å²) in [6.45, 7) is 5.27. The lowest BCUT2D eigenvalue weighted by Crippen LogP contribution is -2.16. The average Bonchev–Trinajstić information content (AvgIpc) is 2.27. The van der Waals surface area contributed by atoms with Gasteiger partial charge in [0.1, 0.15) is 17.3 Å². The number of carbonyl (C=O) groups excluding carboxylic acids is 1. The molecule has 18 heavy (non-hydrogen) atoms. The average molecular weight is 320 g/mol. The standard InChI is InChI=1S/C12H12BrF2NO2/c1-3-18-12(17)7(2)6-16-11-9(14)4-8(13)5-10(11)15/h4-5,16H,2-3,6H2,1H3. The Balaban J connectivity index is 2.70. The molecule has 0 saturated heterocycles. The molecule has 1 aromatic carbocycles. The molecule has 0 aliphatic rings. The second-order valence-electron chi connectivity index (χ2n) is 3.42. The lowest BCUT2D eigenvalue weighted by atomic mass is 10.2. The van der Waals surface area contributed by atoms with E-state index in [2.05, 4.69) is 27.8 Å². The second-order valence-corrected chi connectivity index (χ2v) is 4.34. The fourth-order valence-corrected chi connectivity index (χ4v) is 1.61. The monoisotopic (exact) mass is 319 g/mol. The van der Waals surface area contributed by atoms with Crippen LogP contribution < -0.4 is 5.32 Å². The molecule has 0 fully saturated rings. The summed E-state index contributed by atoms with van der Waals surface area (Å²) < 4.78 is 31.9. The van der Waals surface area contributed by atoms with Crippen molar-refractivity contribution < 1.29 is 18.3 Å². The molecule has 0 radical (unpaired) electrons. The van der Waals surface area contributed by atoms with E-state index in [1.54, 1.807) is 6.92 Å². The van der Waals surface area contributed by atoms with Crippen molar-refractivity contribution in [3.8, 4) is 0 Å². The largest absolute Gasteiger partial charge is 0.463 e. The molecule has 1 aromatic rings. The molecule has 0 saturated carbocycles. The van der Waals surface area contributed by atoms with Crippen molar-refractivity contribution in [3.05, 3.63) is 40.4 Å². The Hall–Kier alpha value is -1.43. The van der Waals surface area contributed by atoms with Crippen LogP contribution in [0, 0.1) is 11.6 Å². The third kappa shape index (κ3) is 3.80. The molecule has 0 bridgehead atoms. The normalized spacial score (nSPS) is 10.0. The summed E-state index contributed by atoms with van der Waals surface area (Å²) in [6, 6.07) is 2.25. The Morgan fingerprint density at radius 2 is 2.00 bits per heavy atom. The molecule has 0 aliphatic carbocycles. The van der Waals surface area contributed by atoms with Crippen molar-refractivity contribution in [2.45, 2.75) is 6.92 Å². The predicted octanol–water partition coefficient (Wildman–Crippen LogP) is 3.26. The highest BCUT2D eigenvalue weighted by atomic mass is 79.9. The van der Waals surface area contributed by atoms with Gasteiger partial charge in [0.15, 0.2) is 0 Å². The number of rotatable bonds is 5. The fraction of sp³-hybridized carbons (Fsp3) is 0.250. The Kier molecular flexibility index (Phi) is 5.27. The first-order chi connectivity index (χ1) is 8.45. The number of hydrogen-bond donors (Lipinski definition) is 1. The zero-order valence-corrected chi connectivity index (χ0v) is 11.3. The highest BCUT2D eigenvalue weighted by molar-refractivity contribution is 9.10. The highest BCUT2D eigenvalue weighted by Crippen LogP contribution is 2.23. The summed E-state index contributed by atoms with van der Waals surface area (Å²) in [7, 11) is 0. The van der Waals surface area contributed by atoms with E-state index in [1.165, 1.54) is 0 Å². The summed E-state index contributed by atoms with van der Waals surface area (Å²) in [4.78, 5) is 11.2. The van der Waals surface area contributed by atoms with E-state index in [9.17, 15) is 13.6 Å². The molecule has 0 atom stereocenters. The van der Waals surface area contributed by atoms with E-state index in [0.29, 0.717) is 4.47 Å². The summed E-state index contributed by atoms with van der Waals surface area (Å²) in [5, 5.41) is 2.48. The first kappa shape index (κ1) is 14.6. The van der Waals surface area contributed by atoms with Crippen LogP contribution >= 0.6 is 15.9 Å². The summed E-state index contributed by atoms with van der Waals surface area (Å²) >= 11 is 2.97. The van der Waals surface area contributed by atoms with Gasteiger partial charge in [0, 0.05) is 16.6 Å². The van der Waals surface area contributed by atoms with Crippen molar-refractivity contribution in [3.63, 3.8) is 0 Å². The van der Waals surface area contributed by atoms with E-state index in [4.69, 9.17) is 4.74 Å². The van der Waals surface area contributed by atoms with Crippen LogP contribution in [0.5, 0.6) is 0 Å². The van der Waals surface area contributed by atoms with Gasteiger partial charge in [-0.2, -0.15) is 0 Å². The van der Waals surface area contributed by atoms with Crippen molar-refractivity contribution >= 4 is 27.6 Å². The number of hydrogen-bond acceptors (Lipinski definition) is 3.